The lowest BCUT2D eigenvalue weighted by Gasteiger charge is -2.32. The molecule has 0 saturated carbocycles. The molecule has 0 N–H and O–H groups in total. The van der Waals surface area contributed by atoms with Gasteiger partial charge in [-0.25, -0.2) is 4.39 Å². The van der Waals surface area contributed by atoms with Gasteiger partial charge < -0.3 is 14.4 Å². The van der Waals surface area contributed by atoms with Gasteiger partial charge in [0, 0.05) is 19.2 Å². The maximum atomic E-state index is 13.4. The number of hydrogen-bond donors (Lipinski definition) is 0. The van der Waals surface area contributed by atoms with Crippen molar-refractivity contribution in [3.05, 3.63) is 63.5 Å². The first-order valence-corrected chi connectivity index (χ1v) is 9.95. The van der Waals surface area contributed by atoms with E-state index in [0.29, 0.717) is 31.4 Å². The molecular formula is C22H25FN2O5. The molecule has 2 aromatic carbocycles. The molecule has 0 unspecified atom stereocenters. The van der Waals surface area contributed by atoms with Gasteiger partial charge in [0.25, 0.3) is 11.6 Å². The second-order valence-corrected chi connectivity index (χ2v) is 7.28. The van der Waals surface area contributed by atoms with Crippen molar-refractivity contribution < 1.29 is 23.6 Å². The molecule has 0 aromatic heterocycles. The molecule has 1 aliphatic rings. The number of ether oxygens (including phenoxy) is 2. The Bertz CT molecular complexity index is 926. The second kappa shape index (κ2) is 9.56. The third kappa shape index (κ3) is 4.87. The van der Waals surface area contributed by atoms with Crippen LogP contribution in [0.15, 0.2) is 36.4 Å². The largest absolute Gasteiger partial charge is 0.493 e. The van der Waals surface area contributed by atoms with Crippen LogP contribution in [0.4, 0.5) is 10.1 Å². The lowest BCUT2D eigenvalue weighted by Crippen LogP contribution is -2.39. The van der Waals surface area contributed by atoms with Gasteiger partial charge in [-0.15, -0.1) is 0 Å². The molecule has 3 rings (SSSR count). The molecule has 0 atom stereocenters. The molecule has 160 valence electrons. The molecule has 1 aliphatic heterocycles. The number of carbonyl (C=O) groups is 1. The van der Waals surface area contributed by atoms with Crippen LogP contribution in [0.3, 0.4) is 0 Å². The minimum atomic E-state index is -0.581. The average molecular weight is 416 g/mol. The molecule has 0 aliphatic carbocycles. The Morgan fingerprint density at radius 1 is 1.23 bits per heavy atom. The zero-order chi connectivity index (χ0) is 21.7. The monoisotopic (exact) mass is 416 g/mol. The summed E-state index contributed by atoms with van der Waals surface area (Å²) in [5.74, 6) is 0.205. The number of methoxy groups -OCH3 is 1. The number of piperidine rings is 1. The van der Waals surface area contributed by atoms with Gasteiger partial charge in [0.15, 0.2) is 11.5 Å². The topological polar surface area (TPSA) is 81.9 Å². The normalized spacial score (nSPS) is 14.4. The predicted molar refractivity (Wildman–Crippen MR) is 110 cm³/mol. The number of nitro groups is 1. The fourth-order valence-corrected chi connectivity index (χ4v) is 3.81. The van der Waals surface area contributed by atoms with Crippen LogP contribution < -0.4 is 9.47 Å². The Morgan fingerprint density at radius 2 is 1.97 bits per heavy atom. The maximum absolute atomic E-state index is 13.4. The maximum Gasteiger partial charge on any atom is 0.286 e. The van der Waals surface area contributed by atoms with Gasteiger partial charge >= 0.3 is 0 Å². The molecule has 1 fully saturated rings. The Hall–Kier alpha value is -3.16. The molecule has 30 heavy (non-hydrogen) atoms. The summed E-state index contributed by atoms with van der Waals surface area (Å²) in [4.78, 5) is 25.7. The average Bonchev–Trinajstić information content (AvgIpc) is 2.73. The third-order valence-electron chi connectivity index (χ3n) is 5.32. The summed E-state index contributed by atoms with van der Waals surface area (Å²) in [5.41, 5.74) is 0.627. The van der Waals surface area contributed by atoms with Crippen LogP contribution in [0.1, 0.15) is 35.7 Å². The van der Waals surface area contributed by atoms with E-state index in [-0.39, 0.29) is 22.8 Å². The molecule has 1 saturated heterocycles. The van der Waals surface area contributed by atoms with Crippen LogP contribution in [0.25, 0.3) is 0 Å². The second-order valence-electron chi connectivity index (χ2n) is 7.28. The standard InChI is InChI=1S/C22H25FN2O5/c1-3-30-21-13-18(19(25(27)28)14-20(21)29-2)22(26)24-9-7-15(8-10-24)11-16-5-4-6-17(23)12-16/h4-6,12-15H,3,7-11H2,1-2H3. The van der Waals surface area contributed by atoms with Crippen molar-refractivity contribution in [2.75, 3.05) is 26.8 Å². The molecule has 0 bridgehead atoms. The minimum absolute atomic E-state index is 0.00664. The summed E-state index contributed by atoms with van der Waals surface area (Å²) in [7, 11) is 1.40. The van der Waals surface area contributed by atoms with E-state index in [9.17, 15) is 19.3 Å². The van der Waals surface area contributed by atoms with Crippen molar-refractivity contribution in [3.63, 3.8) is 0 Å². The Labute approximate surface area is 174 Å². The van der Waals surface area contributed by atoms with Gasteiger partial charge in [0.1, 0.15) is 11.4 Å². The van der Waals surface area contributed by atoms with E-state index in [1.54, 1.807) is 17.9 Å². The summed E-state index contributed by atoms with van der Waals surface area (Å²) in [6, 6.07) is 9.17. The minimum Gasteiger partial charge on any atom is -0.493 e. The van der Waals surface area contributed by atoms with Crippen molar-refractivity contribution in [2.45, 2.75) is 26.2 Å². The van der Waals surface area contributed by atoms with E-state index in [0.717, 1.165) is 24.8 Å². The van der Waals surface area contributed by atoms with E-state index in [1.807, 2.05) is 6.07 Å². The highest BCUT2D eigenvalue weighted by Gasteiger charge is 2.30. The van der Waals surface area contributed by atoms with E-state index >= 15 is 0 Å². The predicted octanol–water partition coefficient (Wildman–Crippen LogP) is 4.24. The summed E-state index contributed by atoms with van der Waals surface area (Å²) in [6.45, 7) is 3.11. The molecule has 1 heterocycles. The van der Waals surface area contributed by atoms with E-state index in [1.165, 1.54) is 31.4 Å². The molecule has 0 radical (unpaired) electrons. The van der Waals surface area contributed by atoms with Gasteiger partial charge in [-0.2, -0.15) is 0 Å². The number of benzene rings is 2. The first-order valence-electron chi connectivity index (χ1n) is 9.95. The zero-order valence-electron chi connectivity index (χ0n) is 17.1. The van der Waals surface area contributed by atoms with Gasteiger partial charge in [-0.1, -0.05) is 12.1 Å². The number of likely N-dealkylation sites (tertiary alicyclic amines) is 1. The smallest absolute Gasteiger partial charge is 0.286 e. The quantitative estimate of drug-likeness (QED) is 0.498. The van der Waals surface area contributed by atoms with Gasteiger partial charge in [-0.3, -0.25) is 14.9 Å². The van der Waals surface area contributed by atoms with E-state index in [2.05, 4.69) is 0 Å². The number of halogens is 1. The summed E-state index contributed by atoms with van der Waals surface area (Å²) >= 11 is 0. The van der Waals surface area contributed by atoms with Crippen molar-refractivity contribution >= 4 is 11.6 Å². The molecule has 2 aromatic rings. The van der Waals surface area contributed by atoms with E-state index in [4.69, 9.17) is 9.47 Å². The van der Waals surface area contributed by atoms with Gasteiger partial charge in [0.2, 0.25) is 0 Å². The number of amides is 1. The summed E-state index contributed by atoms with van der Waals surface area (Å²) in [5, 5.41) is 11.5. The summed E-state index contributed by atoms with van der Waals surface area (Å²) < 4.78 is 24.0. The highest BCUT2D eigenvalue weighted by atomic mass is 19.1. The molecule has 1 amide bonds. The molecule has 0 spiro atoms. The fourth-order valence-electron chi connectivity index (χ4n) is 3.81. The third-order valence-corrected chi connectivity index (χ3v) is 5.32. The van der Waals surface area contributed by atoms with Crippen molar-refractivity contribution in [3.8, 4) is 11.5 Å². The number of nitro benzene ring substituents is 1. The van der Waals surface area contributed by atoms with Gasteiger partial charge in [0.05, 0.1) is 24.7 Å². The van der Waals surface area contributed by atoms with Crippen molar-refractivity contribution in [1.29, 1.82) is 0 Å². The Morgan fingerprint density at radius 3 is 2.57 bits per heavy atom. The van der Waals surface area contributed by atoms with E-state index < -0.39 is 10.8 Å². The number of rotatable bonds is 7. The van der Waals surface area contributed by atoms with Crippen LogP contribution in [0, 0.1) is 21.8 Å². The first kappa shape index (κ1) is 21.5. The van der Waals surface area contributed by atoms with Crippen LogP contribution in [0.5, 0.6) is 11.5 Å². The molecule has 8 heteroatoms. The Kier molecular flexibility index (Phi) is 6.87. The van der Waals surface area contributed by atoms with Crippen molar-refractivity contribution in [2.24, 2.45) is 5.92 Å². The highest BCUT2D eigenvalue weighted by Crippen LogP contribution is 2.36. The van der Waals surface area contributed by atoms with Gasteiger partial charge in [-0.05, 0) is 49.8 Å². The van der Waals surface area contributed by atoms with Crippen LogP contribution in [-0.4, -0.2) is 42.5 Å². The van der Waals surface area contributed by atoms with Crippen molar-refractivity contribution in [1.82, 2.24) is 4.90 Å². The number of carbonyl (C=O) groups excluding carboxylic acids is 1. The summed E-state index contributed by atoms with van der Waals surface area (Å²) in [6.07, 6.45) is 2.26. The van der Waals surface area contributed by atoms with Crippen LogP contribution in [0.2, 0.25) is 0 Å². The lowest BCUT2D eigenvalue weighted by molar-refractivity contribution is -0.385. The van der Waals surface area contributed by atoms with Crippen LogP contribution in [-0.2, 0) is 6.42 Å². The zero-order valence-corrected chi connectivity index (χ0v) is 17.1. The Balaban J connectivity index is 1.74. The molecule has 7 nitrogen and oxygen atoms in total. The number of nitrogens with zero attached hydrogens (tertiary/aromatic N) is 2. The van der Waals surface area contributed by atoms with Crippen LogP contribution >= 0.6 is 0 Å². The number of hydrogen-bond acceptors (Lipinski definition) is 5. The highest BCUT2D eigenvalue weighted by molar-refractivity contribution is 5.99. The lowest BCUT2D eigenvalue weighted by atomic mass is 9.90. The first-order chi connectivity index (χ1) is 14.4. The fraction of sp³-hybridized carbons (Fsp3) is 0.409. The molecular weight excluding hydrogens is 391 g/mol. The SMILES string of the molecule is CCOc1cc(C(=O)N2CCC(Cc3cccc(F)c3)CC2)c([N+](=O)[O-])cc1OC.